The number of benzene rings is 1. The lowest BCUT2D eigenvalue weighted by Crippen LogP contribution is -2.04. The Balaban J connectivity index is 1.93. The molecule has 0 heterocycles. The molecule has 0 nitrogen and oxygen atoms in total. The van der Waals surface area contributed by atoms with Crippen LogP contribution in [0, 0.1) is 5.92 Å². The predicted octanol–water partition coefficient (Wildman–Crippen LogP) is 6.61. The van der Waals surface area contributed by atoms with E-state index in [0.29, 0.717) is 4.83 Å². The summed E-state index contributed by atoms with van der Waals surface area (Å²) in [4.78, 5) is 0.523. The lowest BCUT2D eigenvalue weighted by molar-refractivity contribution is 0.443. The molecule has 0 aromatic heterocycles. The van der Waals surface area contributed by atoms with E-state index in [9.17, 15) is 0 Å². The molecular weight excluding hydrogens is 296 g/mol. The Morgan fingerprint density at radius 1 is 1.00 bits per heavy atom. The maximum absolute atomic E-state index is 3.84. The highest BCUT2D eigenvalue weighted by atomic mass is 79.9. The van der Waals surface area contributed by atoms with Gasteiger partial charge in [-0.05, 0) is 48.6 Å². The summed E-state index contributed by atoms with van der Waals surface area (Å²) in [6, 6.07) is 9.41. The van der Waals surface area contributed by atoms with Crippen molar-refractivity contribution in [3.05, 3.63) is 35.4 Å². The van der Waals surface area contributed by atoms with Crippen LogP contribution in [-0.4, -0.2) is 0 Å². The quantitative estimate of drug-likeness (QED) is 0.535. The fourth-order valence-electron chi connectivity index (χ4n) is 3.06. The van der Waals surface area contributed by atoms with Crippen molar-refractivity contribution in [2.24, 2.45) is 5.92 Å². The zero-order valence-electron chi connectivity index (χ0n) is 12.4. The third-order valence-electron chi connectivity index (χ3n) is 4.37. The molecule has 1 saturated carbocycles. The fourth-order valence-corrected chi connectivity index (χ4v) is 3.63. The second-order valence-corrected chi connectivity index (χ2v) is 7.55. The summed E-state index contributed by atoms with van der Waals surface area (Å²) in [5.41, 5.74) is 3.01. The molecule has 2 rings (SSSR count). The van der Waals surface area contributed by atoms with Gasteiger partial charge in [0, 0.05) is 4.83 Å². The summed E-state index contributed by atoms with van der Waals surface area (Å²) in [6.07, 6.45) is 9.59. The van der Waals surface area contributed by atoms with Crippen molar-refractivity contribution in [3.63, 3.8) is 0 Å². The van der Waals surface area contributed by atoms with Crippen molar-refractivity contribution in [1.82, 2.24) is 0 Å². The van der Waals surface area contributed by atoms with Crippen molar-refractivity contribution in [2.75, 3.05) is 0 Å². The van der Waals surface area contributed by atoms with Crippen LogP contribution in [0.2, 0.25) is 0 Å². The second kappa shape index (κ2) is 7.47. The summed E-state index contributed by atoms with van der Waals surface area (Å²) >= 11 is 3.84. The van der Waals surface area contributed by atoms with E-state index in [0.717, 1.165) is 11.8 Å². The molecule has 0 radical (unpaired) electrons. The van der Waals surface area contributed by atoms with Gasteiger partial charge in [-0.15, -0.1) is 0 Å². The fraction of sp³-hybridized carbons (Fsp3) is 0.667. The summed E-state index contributed by atoms with van der Waals surface area (Å²) in [6.45, 7) is 4.60. The molecule has 1 aromatic carbocycles. The van der Waals surface area contributed by atoms with Gasteiger partial charge in [0.25, 0.3) is 0 Å². The van der Waals surface area contributed by atoms with Crippen LogP contribution in [0.5, 0.6) is 0 Å². The van der Waals surface area contributed by atoms with Gasteiger partial charge in [-0.3, -0.25) is 0 Å². The lowest BCUT2D eigenvalue weighted by atomic mass is 9.84. The number of hydrogen-bond acceptors (Lipinski definition) is 0. The Morgan fingerprint density at radius 2 is 1.63 bits per heavy atom. The van der Waals surface area contributed by atoms with E-state index in [4.69, 9.17) is 0 Å². The van der Waals surface area contributed by atoms with E-state index >= 15 is 0 Å². The zero-order valence-corrected chi connectivity index (χ0v) is 14.0. The van der Waals surface area contributed by atoms with Crippen LogP contribution in [0.4, 0.5) is 0 Å². The first-order valence-corrected chi connectivity index (χ1v) is 8.82. The molecule has 1 aromatic rings. The molecule has 1 atom stereocenters. The van der Waals surface area contributed by atoms with E-state index in [1.54, 1.807) is 5.56 Å². The molecule has 0 spiro atoms. The van der Waals surface area contributed by atoms with E-state index in [1.165, 1.54) is 50.5 Å². The smallest absolute Gasteiger partial charge is 0.0395 e. The van der Waals surface area contributed by atoms with Gasteiger partial charge in [-0.1, -0.05) is 73.3 Å². The van der Waals surface area contributed by atoms with Gasteiger partial charge in [0.2, 0.25) is 0 Å². The Labute approximate surface area is 127 Å². The van der Waals surface area contributed by atoms with Gasteiger partial charge >= 0.3 is 0 Å². The molecule has 1 aliphatic rings. The molecular formula is C18H27Br. The van der Waals surface area contributed by atoms with Crippen molar-refractivity contribution >= 4 is 15.9 Å². The molecule has 0 bridgehead atoms. The predicted molar refractivity (Wildman–Crippen MR) is 88.0 cm³/mol. The Kier molecular flexibility index (Phi) is 5.94. The highest BCUT2D eigenvalue weighted by Gasteiger charge is 2.16. The number of halogens is 1. The third kappa shape index (κ3) is 4.63. The molecule has 0 amide bonds. The van der Waals surface area contributed by atoms with Crippen LogP contribution < -0.4 is 0 Å². The minimum absolute atomic E-state index is 0.523. The first-order valence-electron chi connectivity index (χ1n) is 7.90. The first-order chi connectivity index (χ1) is 9.16. The minimum atomic E-state index is 0.523. The van der Waals surface area contributed by atoms with Crippen LogP contribution >= 0.6 is 15.9 Å². The summed E-state index contributed by atoms with van der Waals surface area (Å²) in [5.74, 6) is 1.62. The van der Waals surface area contributed by atoms with Gasteiger partial charge in [0.15, 0.2) is 0 Å². The highest BCUT2D eigenvalue weighted by molar-refractivity contribution is 9.09. The van der Waals surface area contributed by atoms with Gasteiger partial charge in [0.05, 0.1) is 0 Å². The maximum Gasteiger partial charge on any atom is 0.0395 e. The summed E-state index contributed by atoms with van der Waals surface area (Å²) < 4.78 is 0. The SMILES string of the molecule is CC(C)CCC(Br)c1ccc(C2CCCCC2)cc1. The zero-order chi connectivity index (χ0) is 13.7. The minimum Gasteiger partial charge on any atom is -0.0839 e. The highest BCUT2D eigenvalue weighted by Crippen LogP contribution is 2.34. The van der Waals surface area contributed by atoms with Gasteiger partial charge in [-0.25, -0.2) is 0 Å². The standard InChI is InChI=1S/C18H27Br/c1-14(2)8-13-18(19)17-11-9-16(10-12-17)15-6-4-3-5-7-15/h9-12,14-15,18H,3-8,13H2,1-2H3. The first kappa shape index (κ1) is 15.1. The number of rotatable bonds is 5. The van der Waals surface area contributed by atoms with E-state index in [2.05, 4.69) is 54.0 Å². The topological polar surface area (TPSA) is 0 Å². The second-order valence-electron chi connectivity index (χ2n) is 6.44. The third-order valence-corrected chi connectivity index (χ3v) is 5.36. The van der Waals surface area contributed by atoms with Gasteiger partial charge in [0.1, 0.15) is 0 Å². The van der Waals surface area contributed by atoms with Crippen LogP contribution in [0.15, 0.2) is 24.3 Å². The van der Waals surface area contributed by atoms with Crippen molar-refractivity contribution in [2.45, 2.75) is 69.5 Å². The average molecular weight is 323 g/mol. The van der Waals surface area contributed by atoms with Gasteiger partial charge in [-0.2, -0.15) is 0 Å². The molecule has 1 heteroatoms. The van der Waals surface area contributed by atoms with Crippen molar-refractivity contribution < 1.29 is 0 Å². The molecule has 1 fully saturated rings. The van der Waals surface area contributed by atoms with Gasteiger partial charge < -0.3 is 0 Å². The molecule has 106 valence electrons. The summed E-state index contributed by atoms with van der Waals surface area (Å²) in [7, 11) is 0. The molecule has 19 heavy (non-hydrogen) atoms. The molecule has 0 aliphatic heterocycles. The molecule has 0 N–H and O–H groups in total. The average Bonchev–Trinajstić information content (AvgIpc) is 2.46. The molecule has 0 saturated heterocycles. The summed E-state index contributed by atoms with van der Waals surface area (Å²) in [5, 5.41) is 0. The van der Waals surface area contributed by atoms with E-state index in [-0.39, 0.29) is 0 Å². The van der Waals surface area contributed by atoms with Crippen LogP contribution in [0.1, 0.15) is 80.7 Å². The lowest BCUT2D eigenvalue weighted by Gasteiger charge is -2.22. The van der Waals surface area contributed by atoms with Crippen LogP contribution in [0.25, 0.3) is 0 Å². The molecule has 1 unspecified atom stereocenters. The Bertz CT molecular complexity index is 360. The largest absolute Gasteiger partial charge is 0.0839 e. The monoisotopic (exact) mass is 322 g/mol. The molecule has 1 aliphatic carbocycles. The van der Waals surface area contributed by atoms with Crippen molar-refractivity contribution in [3.8, 4) is 0 Å². The van der Waals surface area contributed by atoms with Crippen LogP contribution in [-0.2, 0) is 0 Å². The Hall–Kier alpha value is -0.300. The van der Waals surface area contributed by atoms with E-state index in [1.807, 2.05) is 0 Å². The normalized spacial score (nSPS) is 18.7. The van der Waals surface area contributed by atoms with E-state index < -0.39 is 0 Å². The van der Waals surface area contributed by atoms with Crippen LogP contribution in [0.3, 0.4) is 0 Å². The van der Waals surface area contributed by atoms with Crippen molar-refractivity contribution in [1.29, 1.82) is 0 Å². The maximum atomic E-state index is 3.84. The Morgan fingerprint density at radius 3 is 2.21 bits per heavy atom. The number of hydrogen-bond donors (Lipinski definition) is 0. The number of alkyl halides is 1.